The summed E-state index contributed by atoms with van der Waals surface area (Å²) in [6, 6.07) is 17.8. The molecular weight excluding hydrogens is 486 g/mol. The molecule has 9 heteroatoms. The molecule has 1 aromatic heterocycles. The molecule has 4 atom stereocenters. The summed E-state index contributed by atoms with van der Waals surface area (Å²) in [4.78, 5) is 14.4. The van der Waals surface area contributed by atoms with Gasteiger partial charge in [0.05, 0.1) is 25.5 Å². The molecule has 6 rings (SSSR count). The second-order valence-corrected chi connectivity index (χ2v) is 10.1. The van der Waals surface area contributed by atoms with Crippen LogP contribution in [0.3, 0.4) is 0 Å². The SMILES string of the molecule is COC(=O)c1cccc(NC(=S)NC[C@H]2C[C@@H]3CCN2C[C@H]3c2cc(-c3ccccc3OC)nn2C)c1. The monoisotopic (exact) mass is 519 g/mol. The van der Waals surface area contributed by atoms with Gasteiger partial charge in [-0.15, -0.1) is 0 Å². The van der Waals surface area contributed by atoms with E-state index in [9.17, 15) is 4.79 Å². The Bertz CT molecular complexity index is 1290. The lowest BCUT2D eigenvalue weighted by molar-refractivity contribution is 0.0303. The van der Waals surface area contributed by atoms with Crippen LogP contribution in [-0.4, -0.2) is 65.7 Å². The van der Waals surface area contributed by atoms with Crippen LogP contribution in [0, 0.1) is 5.92 Å². The van der Waals surface area contributed by atoms with Gasteiger partial charge in [0.15, 0.2) is 5.11 Å². The van der Waals surface area contributed by atoms with Crippen molar-refractivity contribution in [2.45, 2.75) is 24.8 Å². The Morgan fingerprint density at radius 2 is 2.00 bits per heavy atom. The number of fused-ring (bicyclic) bond motifs is 3. The number of carbonyl (C=O) groups excluding carboxylic acids is 1. The number of thiocarbonyl (C=S) groups is 1. The molecule has 3 aliphatic rings. The second kappa shape index (κ2) is 10.9. The Hall–Kier alpha value is -3.43. The summed E-state index contributed by atoms with van der Waals surface area (Å²) in [5, 5.41) is 12.0. The number of hydrogen-bond donors (Lipinski definition) is 2. The number of rotatable bonds is 7. The first-order valence-electron chi connectivity index (χ1n) is 12.6. The third kappa shape index (κ3) is 5.33. The summed E-state index contributed by atoms with van der Waals surface area (Å²) in [6.45, 7) is 2.90. The molecule has 3 fully saturated rings. The number of methoxy groups -OCH3 is 2. The van der Waals surface area contributed by atoms with Crippen LogP contribution >= 0.6 is 12.2 Å². The normalized spacial score (nSPS) is 22.4. The summed E-state index contributed by atoms with van der Waals surface area (Å²) < 4.78 is 12.4. The van der Waals surface area contributed by atoms with Crippen molar-refractivity contribution in [1.29, 1.82) is 0 Å². The number of nitrogens with zero attached hydrogens (tertiary/aromatic N) is 3. The minimum absolute atomic E-state index is 0.369. The molecule has 0 radical (unpaired) electrons. The lowest BCUT2D eigenvalue weighted by atomic mass is 9.74. The Morgan fingerprint density at radius 3 is 2.76 bits per heavy atom. The van der Waals surface area contributed by atoms with E-state index >= 15 is 0 Å². The van der Waals surface area contributed by atoms with E-state index < -0.39 is 0 Å². The zero-order valence-electron chi connectivity index (χ0n) is 21.4. The van der Waals surface area contributed by atoms with Crippen LogP contribution in [0.1, 0.15) is 34.8 Å². The molecule has 8 nitrogen and oxygen atoms in total. The van der Waals surface area contributed by atoms with E-state index in [1.165, 1.54) is 19.2 Å². The number of piperidine rings is 3. The van der Waals surface area contributed by atoms with E-state index in [0.29, 0.717) is 28.6 Å². The molecule has 0 aliphatic carbocycles. The molecule has 1 unspecified atom stereocenters. The molecular formula is C28H33N5O3S. The number of aromatic nitrogens is 2. The van der Waals surface area contributed by atoms with E-state index in [-0.39, 0.29) is 5.97 Å². The summed E-state index contributed by atoms with van der Waals surface area (Å²) in [5.41, 5.74) is 4.50. The maximum Gasteiger partial charge on any atom is 0.337 e. The molecule has 0 saturated carbocycles. The first-order chi connectivity index (χ1) is 18.0. The average molecular weight is 520 g/mol. The molecule has 2 aromatic carbocycles. The summed E-state index contributed by atoms with van der Waals surface area (Å²) in [5.74, 6) is 1.54. The van der Waals surface area contributed by atoms with Crippen molar-refractivity contribution in [1.82, 2.24) is 20.0 Å². The van der Waals surface area contributed by atoms with Gasteiger partial charge in [0.1, 0.15) is 5.75 Å². The molecule has 37 heavy (non-hydrogen) atoms. The number of benzene rings is 2. The fraction of sp³-hybridized carbons (Fsp3) is 0.393. The van der Waals surface area contributed by atoms with Crippen molar-refractivity contribution in [2.75, 3.05) is 39.2 Å². The van der Waals surface area contributed by atoms with Crippen molar-refractivity contribution < 1.29 is 14.3 Å². The first kappa shape index (κ1) is 25.2. The smallest absolute Gasteiger partial charge is 0.337 e. The highest BCUT2D eigenvalue weighted by Crippen LogP contribution is 2.42. The summed E-state index contributed by atoms with van der Waals surface area (Å²) in [6.07, 6.45) is 2.31. The quantitative estimate of drug-likeness (QED) is 0.358. The number of para-hydroxylation sites is 1. The van der Waals surface area contributed by atoms with E-state index in [2.05, 4.69) is 27.7 Å². The third-order valence-corrected chi connectivity index (χ3v) is 7.84. The maximum atomic E-state index is 11.8. The predicted molar refractivity (Wildman–Crippen MR) is 148 cm³/mol. The highest BCUT2D eigenvalue weighted by Gasteiger charge is 2.41. The lowest BCUT2D eigenvalue weighted by Gasteiger charge is -2.50. The van der Waals surface area contributed by atoms with Crippen LogP contribution in [0.5, 0.6) is 5.75 Å². The van der Waals surface area contributed by atoms with Crippen LogP contribution < -0.4 is 15.4 Å². The Balaban J connectivity index is 1.20. The minimum atomic E-state index is -0.369. The number of ether oxygens (including phenoxy) is 2. The average Bonchev–Trinajstić information content (AvgIpc) is 3.33. The zero-order chi connectivity index (χ0) is 25.9. The van der Waals surface area contributed by atoms with Gasteiger partial charge in [-0.2, -0.15) is 5.10 Å². The van der Waals surface area contributed by atoms with Gasteiger partial charge in [0.25, 0.3) is 0 Å². The van der Waals surface area contributed by atoms with Gasteiger partial charge >= 0.3 is 5.97 Å². The van der Waals surface area contributed by atoms with Gasteiger partial charge < -0.3 is 20.1 Å². The fourth-order valence-corrected chi connectivity index (χ4v) is 5.93. The molecule has 0 amide bonds. The number of carbonyl (C=O) groups is 1. The molecule has 2 N–H and O–H groups in total. The molecule has 4 heterocycles. The van der Waals surface area contributed by atoms with E-state index in [4.69, 9.17) is 26.8 Å². The highest BCUT2D eigenvalue weighted by atomic mass is 32.1. The lowest BCUT2D eigenvalue weighted by Crippen LogP contribution is -2.56. The van der Waals surface area contributed by atoms with Crippen molar-refractivity contribution in [2.24, 2.45) is 13.0 Å². The van der Waals surface area contributed by atoms with Gasteiger partial charge in [-0.25, -0.2) is 4.79 Å². The van der Waals surface area contributed by atoms with Gasteiger partial charge in [-0.3, -0.25) is 9.58 Å². The van der Waals surface area contributed by atoms with E-state index in [1.54, 1.807) is 25.3 Å². The molecule has 3 saturated heterocycles. The maximum absolute atomic E-state index is 11.8. The summed E-state index contributed by atoms with van der Waals surface area (Å²) in [7, 11) is 5.12. The Morgan fingerprint density at radius 1 is 1.16 bits per heavy atom. The number of hydrogen-bond acceptors (Lipinski definition) is 6. The number of nitrogens with one attached hydrogen (secondary N) is 2. The zero-order valence-corrected chi connectivity index (χ0v) is 22.3. The number of aryl methyl sites for hydroxylation is 1. The second-order valence-electron chi connectivity index (χ2n) is 9.73. The molecule has 0 spiro atoms. The van der Waals surface area contributed by atoms with Crippen LogP contribution in [0.15, 0.2) is 54.6 Å². The fourth-order valence-electron chi connectivity index (χ4n) is 5.73. The molecule has 3 aromatic rings. The van der Waals surface area contributed by atoms with E-state index in [1.807, 2.05) is 36.0 Å². The standard InChI is InChI=1S/C28H33N5O3S/c1-32-25(15-24(31-32)22-9-4-5-10-26(22)35-2)23-17-33-12-11-18(23)14-21(33)16-29-28(37)30-20-8-6-7-19(13-20)27(34)36-3/h4-10,13,15,18,21,23H,11-12,14,16-17H2,1-3H3,(H2,29,30,37)/t18-,21+,23+/m0/s1. The number of anilines is 1. The Labute approximate surface area is 222 Å². The highest BCUT2D eigenvalue weighted by molar-refractivity contribution is 7.80. The van der Waals surface area contributed by atoms with Crippen molar-refractivity contribution in [3.05, 3.63) is 65.9 Å². The van der Waals surface area contributed by atoms with Crippen LogP contribution in [0.2, 0.25) is 0 Å². The van der Waals surface area contributed by atoms with Gasteiger partial charge in [0.2, 0.25) is 0 Å². The van der Waals surface area contributed by atoms with Crippen LogP contribution in [-0.2, 0) is 11.8 Å². The largest absolute Gasteiger partial charge is 0.496 e. The van der Waals surface area contributed by atoms with E-state index in [0.717, 1.165) is 48.7 Å². The Kier molecular flexibility index (Phi) is 7.43. The van der Waals surface area contributed by atoms with Gasteiger partial charge in [-0.05, 0) is 73.9 Å². The van der Waals surface area contributed by atoms with Crippen LogP contribution in [0.4, 0.5) is 5.69 Å². The van der Waals surface area contributed by atoms with Crippen molar-refractivity contribution in [3.63, 3.8) is 0 Å². The van der Waals surface area contributed by atoms with Crippen molar-refractivity contribution in [3.8, 4) is 17.0 Å². The number of esters is 1. The topological polar surface area (TPSA) is 80.7 Å². The third-order valence-electron chi connectivity index (χ3n) is 7.60. The first-order valence-corrected chi connectivity index (χ1v) is 13.0. The van der Waals surface area contributed by atoms with Gasteiger partial charge in [-0.1, -0.05) is 18.2 Å². The van der Waals surface area contributed by atoms with Gasteiger partial charge in [0, 0.05) is 49.0 Å². The minimum Gasteiger partial charge on any atom is -0.496 e. The van der Waals surface area contributed by atoms with Crippen molar-refractivity contribution >= 4 is 29.0 Å². The van der Waals surface area contributed by atoms with Crippen LogP contribution in [0.25, 0.3) is 11.3 Å². The summed E-state index contributed by atoms with van der Waals surface area (Å²) >= 11 is 5.54. The molecule has 3 aliphatic heterocycles. The molecule has 194 valence electrons. The predicted octanol–water partition coefficient (Wildman–Crippen LogP) is 4.05. The molecule has 2 bridgehead atoms.